The van der Waals surface area contributed by atoms with Crippen LogP contribution in [0.25, 0.3) is 0 Å². The maximum atomic E-state index is 12.2. The van der Waals surface area contributed by atoms with Crippen LogP contribution < -0.4 is 10.1 Å². The number of ether oxygens (including phenoxy) is 2. The molecule has 0 spiro atoms. The van der Waals surface area contributed by atoms with Crippen molar-refractivity contribution in [2.45, 2.75) is 84.7 Å². The lowest BCUT2D eigenvalue weighted by Gasteiger charge is -2.21. The molecule has 0 bridgehead atoms. The number of carbonyl (C=O) groups is 1. The lowest BCUT2D eigenvalue weighted by Crippen LogP contribution is -2.28. The van der Waals surface area contributed by atoms with Crippen LogP contribution in [0, 0.1) is 0 Å². The molecule has 1 aromatic carbocycles. The Morgan fingerprint density at radius 1 is 1.03 bits per heavy atom. The predicted molar refractivity (Wildman–Crippen MR) is 125 cm³/mol. The molecule has 0 radical (unpaired) electrons. The maximum Gasteiger partial charge on any atom is 0.407 e. The molecule has 0 aliphatic carbocycles. The number of amides is 1. The zero-order valence-corrected chi connectivity index (χ0v) is 19.1. The Bertz CT molecular complexity index is 708. The Morgan fingerprint density at radius 2 is 1.65 bits per heavy atom. The molecule has 8 heteroatoms. The molecule has 31 heavy (non-hydrogen) atoms. The summed E-state index contributed by atoms with van der Waals surface area (Å²) in [5.41, 5.74) is 0.816. The molecule has 0 heterocycles. The minimum absolute atomic E-state index is 0. The summed E-state index contributed by atoms with van der Waals surface area (Å²) in [7, 11) is -2.45. The van der Waals surface area contributed by atoms with Gasteiger partial charge in [0.05, 0.1) is 12.9 Å². The Kier molecular flexibility index (Phi) is 15.9. The minimum Gasteiger partial charge on any atom is -0.496 e. The van der Waals surface area contributed by atoms with Crippen molar-refractivity contribution in [1.29, 1.82) is 0 Å². The van der Waals surface area contributed by atoms with Gasteiger partial charge in [0.25, 0.3) is 10.1 Å². The first-order chi connectivity index (χ1) is 14.4. The Morgan fingerprint density at radius 3 is 2.26 bits per heavy atom. The summed E-state index contributed by atoms with van der Waals surface area (Å²) in [6.45, 7) is 2.32. The lowest BCUT2D eigenvalue weighted by atomic mass is 10.0. The van der Waals surface area contributed by atoms with E-state index in [1.165, 1.54) is 38.5 Å². The number of hydrogen-bond donors (Lipinski definition) is 2. The van der Waals surface area contributed by atoms with E-state index < -0.39 is 28.1 Å². The highest BCUT2D eigenvalue weighted by Crippen LogP contribution is 2.31. The quantitative estimate of drug-likeness (QED) is 0.235. The predicted octanol–water partition coefficient (Wildman–Crippen LogP) is 5.91. The third kappa shape index (κ3) is 14.0. The second kappa shape index (κ2) is 16.8. The fraction of sp³-hybridized carbons (Fsp3) is 0.696. The number of hydrogen-bond acceptors (Lipinski definition) is 5. The molecule has 0 saturated carbocycles. The average molecular weight is 460 g/mol. The van der Waals surface area contributed by atoms with E-state index in [2.05, 4.69) is 12.2 Å². The first kappa shape index (κ1) is 29.2. The molecule has 2 N–H and O–H groups in total. The van der Waals surface area contributed by atoms with Crippen LogP contribution in [-0.2, 0) is 14.9 Å². The zero-order valence-electron chi connectivity index (χ0n) is 18.3. The highest BCUT2D eigenvalue weighted by atomic mass is 32.2. The summed E-state index contributed by atoms with van der Waals surface area (Å²) < 4.78 is 41.3. The van der Waals surface area contributed by atoms with Crippen LogP contribution in [0.3, 0.4) is 0 Å². The SMILES string of the molecule is C.CCCCCCCCCCC(OC(=O)NCCCS(=O)(=O)O)c1ccccc1OC. The van der Waals surface area contributed by atoms with E-state index in [0.29, 0.717) is 12.2 Å². The Hall–Kier alpha value is -1.80. The highest BCUT2D eigenvalue weighted by molar-refractivity contribution is 7.85. The number of para-hydroxylation sites is 1. The van der Waals surface area contributed by atoms with E-state index >= 15 is 0 Å². The highest BCUT2D eigenvalue weighted by Gasteiger charge is 2.20. The summed E-state index contributed by atoms with van der Waals surface area (Å²) >= 11 is 0. The average Bonchev–Trinajstić information content (AvgIpc) is 2.71. The van der Waals surface area contributed by atoms with Gasteiger partial charge in [0.15, 0.2) is 0 Å². The normalized spacial score (nSPS) is 12.0. The number of methoxy groups -OCH3 is 1. The van der Waals surface area contributed by atoms with Crippen molar-refractivity contribution in [1.82, 2.24) is 5.32 Å². The van der Waals surface area contributed by atoms with Crippen molar-refractivity contribution in [2.24, 2.45) is 0 Å². The first-order valence-electron chi connectivity index (χ1n) is 10.9. The fourth-order valence-corrected chi connectivity index (χ4v) is 3.80. The number of rotatable bonds is 16. The van der Waals surface area contributed by atoms with Gasteiger partial charge >= 0.3 is 6.09 Å². The molecule has 1 aromatic rings. The van der Waals surface area contributed by atoms with Gasteiger partial charge in [-0.15, -0.1) is 0 Å². The summed E-state index contributed by atoms with van der Waals surface area (Å²) in [5, 5.41) is 2.55. The van der Waals surface area contributed by atoms with E-state index in [1.807, 2.05) is 24.3 Å². The summed E-state index contributed by atoms with van der Waals surface area (Å²) in [6.07, 6.45) is 9.27. The Labute approximate surface area is 188 Å². The van der Waals surface area contributed by atoms with Crippen LogP contribution in [0.1, 0.15) is 90.2 Å². The van der Waals surface area contributed by atoms with Crippen LogP contribution in [-0.4, -0.2) is 38.5 Å². The lowest BCUT2D eigenvalue weighted by molar-refractivity contribution is 0.0893. The molecular formula is C23H41NO6S. The zero-order chi connectivity index (χ0) is 22.2. The molecule has 1 amide bonds. The van der Waals surface area contributed by atoms with E-state index in [9.17, 15) is 13.2 Å². The fourth-order valence-electron chi connectivity index (χ4n) is 3.29. The molecule has 0 fully saturated rings. The van der Waals surface area contributed by atoms with Gasteiger partial charge in [-0.3, -0.25) is 4.55 Å². The molecule has 0 aliphatic rings. The molecule has 0 saturated heterocycles. The van der Waals surface area contributed by atoms with Crippen LogP contribution >= 0.6 is 0 Å². The van der Waals surface area contributed by atoms with Crippen LogP contribution in [0.15, 0.2) is 24.3 Å². The minimum atomic E-state index is -4.03. The van der Waals surface area contributed by atoms with Gasteiger partial charge in [0.1, 0.15) is 11.9 Å². The number of carbonyl (C=O) groups excluding carboxylic acids is 1. The van der Waals surface area contributed by atoms with Gasteiger partial charge in [-0.2, -0.15) is 8.42 Å². The number of alkyl carbamates (subject to hydrolysis) is 1. The van der Waals surface area contributed by atoms with Crippen molar-refractivity contribution >= 4 is 16.2 Å². The van der Waals surface area contributed by atoms with Gasteiger partial charge in [0, 0.05) is 12.1 Å². The number of unbranched alkanes of at least 4 members (excludes halogenated alkanes) is 7. The van der Waals surface area contributed by atoms with Crippen molar-refractivity contribution < 1.29 is 27.2 Å². The van der Waals surface area contributed by atoms with Gasteiger partial charge < -0.3 is 14.8 Å². The summed E-state index contributed by atoms with van der Waals surface area (Å²) in [4.78, 5) is 12.2. The van der Waals surface area contributed by atoms with E-state index in [-0.39, 0.29) is 20.4 Å². The third-order valence-electron chi connectivity index (χ3n) is 4.90. The Balaban J connectivity index is 0.00000900. The van der Waals surface area contributed by atoms with Gasteiger partial charge in [-0.05, 0) is 25.3 Å². The summed E-state index contributed by atoms with van der Waals surface area (Å²) in [6, 6.07) is 7.47. The molecule has 0 aromatic heterocycles. The molecule has 1 unspecified atom stereocenters. The van der Waals surface area contributed by atoms with Crippen molar-refractivity contribution in [3.63, 3.8) is 0 Å². The monoisotopic (exact) mass is 459 g/mol. The smallest absolute Gasteiger partial charge is 0.407 e. The first-order valence-corrected chi connectivity index (χ1v) is 12.5. The molecule has 1 atom stereocenters. The van der Waals surface area contributed by atoms with Crippen molar-refractivity contribution in [2.75, 3.05) is 19.4 Å². The largest absolute Gasteiger partial charge is 0.496 e. The molecule has 7 nitrogen and oxygen atoms in total. The van der Waals surface area contributed by atoms with E-state index in [1.54, 1.807) is 7.11 Å². The third-order valence-corrected chi connectivity index (χ3v) is 5.71. The second-order valence-electron chi connectivity index (χ2n) is 7.47. The standard InChI is InChI=1S/C22H37NO6S.CH4/c1-3-4-5-6-7-8-9-10-16-21(19-14-11-12-15-20(19)28-2)29-22(24)23-17-13-18-30(25,26)27;/h11-12,14-15,21H,3-10,13,16-18H2,1-2H3,(H,23,24)(H,25,26,27);1H4. The van der Waals surface area contributed by atoms with Crippen LogP contribution in [0.5, 0.6) is 5.75 Å². The van der Waals surface area contributed by atoms with E-state index in [4.69, 9.17) is 14.0 Å². The molecule has 1 rings (SSSR count). The number of nitrogens with one attached hydrogen (secondary N) is 1. The van der Waals surface area contributed by atoms with Crippen LogP contribution in [0.2, 0.25) is 0 Å². The second-order valence-corrected chi connectivity index (χ2v) is 9.04. The maximum absolute atomic E-state index is 12.2. The molecule has 180 valence electrons. The molecular weight excluding hydrogens is 418 g/mol. The van der Waals surface area contributed by atoms with Gasteiger partial charge in [-0.25, -0.2) is 4.79 Å². The number of benzene rings is 1. The van der Waals surface area contributed by atoms with Crippen molar-refractivity contribution in [3.8, 4) is 5.75 Å². The van der Waals surface area contributed by atoms with Gasteiger partial charge in [0.2, 0.25) is 0 Å². The van der Waals surface area contributed by atoms with Crippen LogP contribution in [0.4, 0.5) is 4.79 Å². The molecule has 0 aliphatic heterocycles. The van der Waals surface area contributed by atoms with E-state index in [0.717, 1.165) is 18.4 Å². The summed E-state index contributed by atoms with van der Waals surface area (Å²) in [5.74, 6) is 0.266. The van der Waals surface area contributed by atoms with Gasteiger partial charge in [-0.1, -0.05) is 77.5 Å². The van der Waals surface area contributed by atoms with Crippen molar-refractivity contribution in [3.05, 3.63) is 29.8 Å². The topological polar surface area (TPSA) is 102 Å².